The van der Waals surface area contributed by atoms with Crippen molar-refractivity contribution in [2.75, 3.05) is 65.4 Å². The lowest BCUT2D eigenvalue weighted by Gasteiger charge is -2.38. The Morgan fingerprint density at radius 2 is 0.829 bits per heavy atom. The maximum atomic E-state index is 4.54. The number of nitrogens with zero attached hydrogens (tertiary/aromatic N) is 14. The average Bonchev–Trinajstić information content (AvgIpc) is 4.07. The number of tetrazole rings is 2. The van der Waals surface area contributed by atoms with Crippen molar-refractivity contribution in [1.82, 2.24) is 70.0 Å². The Hall–Kier alpha value is -7.36. The van der Waals surface area contributed by atoms with E-state index < -0.39 is 0 Å². The minimum absolute atomic E-state index is 0.0697. The molecule has 0 unspecified atom stereocenters. The zero-order chi connectivity index (χ0) is 48.1. The Kier molecular flexibility index (Phi) is 15.9. The van der Waals surface area contributed by atoms with Gasteiger partial charge in [-0.3, -0.25) is 29.6 Å². The molecule has 2 aliphatic rings. The van der Waals surface area contributed by atoms with E-state index in [-0.39, 0.29) is 12.1 Å². The molecule has 2 aliphatic heterocycles. The fourth-order valence-electron chi connectivity index (χ4n) is 9.66. The highest BCUT2D eigenvalue weighted by molar-refractivity contribution is 5.51. The van der Waals surface area contributed by atoms with E-state index in [1.807, 2.05) is 58.4 Å². The minimum Gasteiger partial charge on any atom is -0.297 e. The Bertz CT molecular complexity index is 2680. The summed E-state index contributed by atoms with van der Waals surface area (Å²) in [5.41, 5.74) is 11.4. The Morgan fingerprint density at radius 1 is 0.443 bits per heavy atom. The molecule has 70 heavy (non-hydrogen) atoms. The SMILES string of the molecule is Cc1cccc(C)c1-n1nnnc1[C@@H](c1cccnc1)N1CCN(C/C=C/c2ccccc2)CC1.Cc1cccc(C)c1-n1nnnc1[C@H](c1cccnc1)N1CCN(C/C=C/c2ccccc2)CC1. The zero-order valence-electron chi connectivity index (χ0n) is 40.7. The van der Waals surface area contributed by atoms with Crippen molar-refractivity contribution >= 4 is 12.2 Å². The predicted molar refractivity (Wildman–Crippen MR) is 276 cm³/mol. The fourth-order valence-corrected chi connectivity index (χ4v) is 9.66. The monoisotopic (exact) mass is 931 g/mol. The van der Waals surface area contributed by atoms with E-state index in [0.717, 1.165) is 122 Å². The van der Waals surface area contributed by atoms with Crippen LogP contribution in [0.15, 0.2) is 158 Å². The number of piperazine rings is 2. The van der Waals surface area contributed by atoms with Crippen LogP contribution in [0.5, 0.6) is 0 Å². The standard InChI is InChI=1S/2C28H31N7/c2*1-22-9-6-10-23(2)26(22)35-28(30-31-32-35)27(25-14-7-15-29-21-25)34-19-17-33(18-20-34)16-8-13-24-11-4-3-5-12-24/h2*3-15,21,27H,16-20H2,1-2H3/b2*13-8+/t2*27-/m10/s1. The van der Waals surface area contributed by atoms with Gasteiger partial charge in [0.1, 0.15) is 0 Å². The van der Waals surface area contributed by atoms with Crippen LogP contribution in [0.1, 0.15) is 68.2 Å². The number of hydrogen-bond acceptors (Lipinski definition) is 12. The number of aryl methyl sites for hydroxylation is 4. The number of para-hydroxylation sites is 2. The third kappa shape index (κ3) is 11.6. The van der Waals surface area contributed by atoms with Crippen LogP contribution in [0.25, 0.3) is 23.5 Å². The van der Waals surface area contributed by atoms with Crippen LogP contribution in [0.2, 0.25) is 0 Å². The van der Waals surface area contributed by atoms with E-state index in [1.165, 1.54) is 11.1 Å². The lowest BCUT2D eigenvalue weighted by atomic mass is 10.0. The summed E-state index contributed by atoms with van der Waals surface area (Å²) in [5, 5.41) is 26.1. The molecule has 0 radical (unpaired) electrons. The summed E-state index contributed by atoms with van der Waals surface area (Å²) >= 11 is 0. The maximum Gasteiger partial charge on any atom is 0.178 e. The molecule has 2 saturated heterocycles. The molecule has 8 aromatic rings. The van der Waals surface area contributed by atoms with Gasteiger partial charge in [0.15, 0.2) is 11.6 Å². The molecule has 6 heterocycles. The summed E-state index contributed by atoms with van der Waals surface area (Å²) in [6, 6.07) is 41.6. The first-order valence-electron chi connectivity index (χ1n) is 24.3. The number of rotatable bonds is 14. The summed E-state index contributed by atoms with van der Waals surface area (Å²) in [4.78, 5) is 18.8. The van der Waals surface area contributed by atoms with E-state index in [9.17, 15) is 0 Å². The molecule has 0 aliphatic carbocycles. The second kappa shape index (κ2) is 23.3. The van der Waals surface area contributed by atoms with Gasteiger partial charge >= 0.3 is 0 Å². The summed E-state index contributed by atoms with van der Waals surface area (Å²) in [7, 11) is 0. The number of hydrogen-bond donors (Lipinski definition) is 0. The number of benzene rings is 4. The van der Waals surface area contributed by atoms with Gasteiger partial charge in [0.2, 0.25) is 0 Å². The molecule has 0 spiro atoms. The van der Waals surface area contributed by atoms with E-state index in [4.69, 9.17) is 0 Å². The Morgan fingerprint density at radius 3 is 1.19 bits per heavy atom. The van der Waals surface area contributed by atoms with Gasteiger partial charge in [-0.05, 0) is 105 Å². The number of aromatic nitrogens is 10. The molecule has 10 rings (SSSR count). The second-order valence-corrected chi connectivity index (χ2v) is 18.1. The molecule has 4 aromatic carbocycles. The van der Waals surface area contributed by atoms with Crippen LogP contribution in [-0.2, 0) is 0 Å². The highest BCUT2D eigenvalue weighted by atomic mass is 15.6. The lowest BCUT2D eigenvalue weighted by molar-refractivity contribution is 0.113. The van der Waals surface area contributed by atoms with Gasteiger partial charge in [0.05, 0.1) is 23.5 Å². The third-order valence-electron chi connectivity index (χ3n) is 13.3. The van der Waals surface area contributed by atoms with Crippen LogP contribution >= 0.6 is 0 Å². The van der Waals surface area contributed by atoms with Crippen molar-refractivity contribution in [3.63, 3.8) is 0 Å². The van der Waals surface area contributed by atoms with Crippen molar-refractivity contribution < 1.29 is 0 Å². The fraction of sp³-hybridized carbons (Fsp3) is 0.286. The molecule has 4 aromatic heterocycles. The van der Waals surface area contributed by atoms with Gasteiger partial charge < -0.3 is 0 Å². The molecule has 0 bridgehead atoms. The van der Waals surface area contributed by atoms with Gasteiger partial charge in [-0.1, -0.05) is 133 Å². The van der Waals surface area contributed by atoms with E-state index >= 15 is 0 Å². The molecule has 0 saturated carbocycles. The van der Waals surface area contributed by atoms with Gasteiger partial charge in [-0.25, -0.2) is 0 Å². The van der Waals surface area contributed by atoms with Crippen LogP contribution in [0.4, 0.5) is 0 Å². The molecule has 2 atom stereocenters. The van der Waals surface area contributed by atoms with Gasteiger partial charge in [0.25, 0.3) is 0 Å². The first kappa shape index (κ1) is 47.7. The van der Waals surface area contributed by atoms with E-state index in [2.05, 4.69) is 210 Å². The summed E-state index contributed by atoms with van der Waals surface area (Å²) in [6.07, 6.45) is 16.4. The van der Waals surface area contributed by atoms with Crippen molar-refractivity contribution in [3.8, 4) is 11.4 Å². The van der Waals surface area contributed by atoms with Gasteiger partial charge in [0, 0.05) is 90.2 Å². The van der Waals surface area contributed by atoms with Crippen LogP contribution in [0, 0.1) is 27.7 Å². The maximum absolute atomic E-state index is 4.54. The largest absolute Gasteiger partial charge is 0.297 e. The van der Waals surface area contributed by atoms with E-state index in [0.29, 0.717) is 0 Å². The Labute approximate surface area is 411 Å². The van der Waals surface area contributed by atoms with E-state index in [1.54, 1.807) is 0 Å². The van der Waals surface area contributed by atoms with Crippen molar-refractivity contribution in [3.05, 3.63) is 214 Å². The quantitative estimate of drug-likeness (QED) is 0.104. The van der Waals surface area contributed by atoms with Gasteiger partial charge in [-0.2, -0.15) is 9.36 Å². The average molecular weight is 931 g/mol. The topological polar surface area (TPSA) is 126 Å². The minimum atomic E-state index is -0.0697. The molecule has 356 valence electrons. The van der Waals surface area contributed by atoms with Crippen LogP contribution in [-0.4, -0.2) is 135 Å². The summed E-state index contributed by atoms with van der Waals surface area (Å²) in [6.45, 7) is 18.0. The number of pyridine rings is 2. The van der Waals surface area contributed by atoms with Crippen LogP contribution in [0.3, 0.4) is 0 Å². The molecular weight excluding hydrogens is 869 g/mol. The summed E-state index contributed by atoms with van der Waals surface area (Å²) in [5.74, 6) is 1.65. The van der Waals surface area contributed by atoms with Crippen LogP contribution < -0.4 is 0 Å². The Balaban J connectivity index is 0.000000174. The first-order chi connectivity index (χ1) is 34.4. The molecule has 14 heteroatoms. The first-order valence-corrected chi connectivity index (χ1v) is 24.3. The molecular formula is C56H62N14. The smallest absolute Gasteiger partial charge is 0.178 e. The normalized spacial score (nSPS) is 16.1. The molecule has 14 nitrogen and oxygen atoms in total. The highest BCUT2D eigenvalue weighted by Gasteiger charge is 2.33. The summed E-state index contributed by atoms with van der Waals surface area (Å²) < 4.78 is 3.83. The van der Waals surface area contributed by atoms with Gasteiger partial charge in [-0.15, -0.1) is 10.2 Å². The highest BCUT2D eigenvalue weighted by Crippen LogP contribution is 2.32. The molecule has 0 amide bonds. The van der Waals surface area contributed by atoms with Crippen molar-refractivity contribution in [2.24, 2.45) is 0 Å². The lowest BCUT2D eigenvalue weighted by Crippen LogP contribution is -2.48. The molecule has 2 fully saturated rings. The van der Waals surface area contributed by atoms with Crippen molar-refractivity contribution in [1.29, 1.82) is 0 Å². The van der Waals surface area contributed by atoms with Crippen molar-refractivity contribution in [2.45, 2.75) is 39.8 Å². The second-order valence-electron chi connectivity index (χ2n) is 18.1. The molecule has 0 N–H and O–H groups in total. The predicted octanol–water partition coefficient (Wildman–Crippen LogP) is 8.19. The third-order valence-corrected chi connectivity index (χ3v) is 13.3. The zero-order valence-corrected chi connectivity index (χ0v) is 40.7.